The molecule has 1 atom stereocenters. The molecule has 0 aliphatic rings. The number of halogens is 2. The molecule has 0 amide bonds. The molecule has 3 aromatic rings. The molecule has 10 heteroatoms. The van der Waals surface area contributed by atoms with E-state index in [-0.39, 0.29) is 23.1 Å². The molecule has 0 aliphatic carbocycles. The Morgan fingerprint density at radius 1 is 1.24 bits per heavy atom. The Balaban J connectivity index is 2.19. The second-order valence-electron chi connectivity index (χ2n) is 7.59. The lowest BCUT2D eigenvalue weighted by Crippen LogP contribution is -2.22. The molecule has 3 rings (SSSR count). The molecule has 0 fully saturated rings. The molecule has 0 aliphatic heterocycles. The number of nitro benzene ring substituents is 1. The zero-order valence-corrected chi connectivity index (χ0v) is 21.7. The molecule has 2 aromatic carbocycles. The van der Waals surface area contributed by atoms with Crippen LogP contribution in [0, 0.1) is 10.1 Å². The molecular formula is C23H24Br2N4O4. The van der Waals surface area contributed by atoms with Gasteiger partial charge in [-0.05, 0) is 44.0 Å². The standard InChI is InChI=1S/C23H24Br2N4O4/c1-4-6-7-21-27-19-9-8-16(24)11-18(19)23(30)28(21)26-13-15-10-17(25)12-20(29(31)32)22(15)33-14(3)5-2/h8-14H,4-7H2,1-3H3/t14-/m1/s1. The first-order valence-corrected chi connectivity index (χ1v) is 12.2. The highest BCUT2D eigenvalue weighted by Gasteiger charge is 2.22. The smallest absolute Gasteiger partial charge is 0.312 e. The van der Waals surface area contributed by atoms with Crippen LogP contribution in [0.15, 0.2) is 49.2 Å². The molecule has 33 heavy (non-hydrogen) atoms. The zero-order chi connectivity index (χ0) is 24.1. The van der Waals surface area contributed by atoms with E-state index in [4.69, 9.17) is 4.74 Å². The number of hydrogen-bond donors (Lipinski definition) is 0. The molecule has 0 N–H and O–H groups in total. The Kier molecular flexibility index (Phi) is 8.36. The number of nitrogens with zero attached hydrogens (tertiary/aromatic N) is 4. The zero-order valence-electron chi connectivity index (χ0n) is 18.5. The molecule has 8 nitrogen and oxygen atoms in total. The lowest BCUT2D eigenvalue weighted by atomic mass is 10.1. The molecule has 1 heterocycles. The number of hydrogen-bond acceptors (Lipinski definition) is 6. The summed E-state index contributed by atoms with van der Waals surface area (Å²) in [6.07, 6.45) is 4.20. The molecule has 0 unspecified atom stereocenters. The number of benzene rings is 2. The highest BCUT2D eigenvalue weighted by Crippen LogP contribution is 2.35. The first-order chi connectivity index (χ1) is 15.7. The van der Waals surface area contributed by atoms with Gasteiger partial charge in [-0.25, -0.2) is 4.98 Å². The Bertz CT molecular complexity index is 1270. The third-order valence-corrected chi connectivity index (χ3v) is 6.05. The third kappa shape index (κ3) is 5.86. The molecule has 0 saturated carbocycles. The summed E-state index contributed by atoms with van der Waals surface area (Å²) in [6, 6.07) is 8.41. The molecule has 1 aromatic heterocycles. The van der Waals surface area contributed by atoms with Crippen molar-refractivity contribution in [2.24, 2.45) is 5.10 Å². The largest absolute Gasteiger partial charge is 0.483 e. The Hall–Kier alpha value is -2.59. The van der Waals surface area contributed by atoms with E-state index in [9.17, 15) is 14.9 Å². The summed E-state index contributed by atoms with van der Waals surface area (Å²) in [4.78, 5) is 29.1. The van der Waals surface area contributed by atoms with Crippen LogP contribution in [-0.2, 0) is 6.42 Å². The number of aromatic nitrogens is 2. The Labute approximate surface area is 208 Å². The van der Waals surface area contributed by atoms with E-state index in [1.165, 1.54) is 17.0 Å². The van der Waals surface area contributed by atoms with Crippen LogP contribution in [0.1, 0.15) is 51.4 Å². The Morgan fingerprint density at radius 2 is 2.00 bits per heavy atom. The number of nitro groups is 1. The van der Waals surface area contributed by atoms with E-state index >= 15 is 0 Å². The van der Waals surface area contributed by atoms with Crippen molar-refractivity contribution in [3.8, 4) is 5.75 Å². The minimum atomic E-state index is -0.492. The molecule has 0 spiro atoms. The fraction of sp³-hybridized carbons (Fsp3) is 0.348. The summed E-state index contributed by atoms with van der Waals surface area (Å²) in [5.74, 6) is 0.641. The van der Waals surface area contributed by atoms with Gasteiger partial charge in [0.05, 0.1) is 28.1 Å². The summed E-state index contributed by atoms with van der Waals surface area (Å²) < 4.78 is 8.41. The van der Waals surface area contributed by atoms with Gasteiger partial charge in [0.1, 0.15) is 5.82 Å². The topological polar surface area (TPSA) is 99.6 Å². The van der Waals surface area contributed by atoms with Gasteiger partial charge >= 0.3 is 5.69 Å². The SMILES string of the molecule is CCCCc1nc2ccc(Br)cc2c(=O)n1N=Cc1cc(Br)cc([N+](=O)[O-])c1O[C@H](C)CC. The Morgan fingerprint density at radius 3 is 2.67 bits per heavy atom. The molecule has 0 bridgehead atoms. The first-order valence-electron chi connectivity index (χ1n) is 10.6. The predicted octanol–water partition coefficient (Wildman–Crippen LogP) is 6.23. The fourth-order valence-electron chi connectivity index (χ4n) is 3.17. The average Bonchev–Trinajstić information content (AvgIpc) is 2.78. The van der Waals surface area contributed by atoms with Gasteiger partial charge in [-0.3, -0.25) is 14.9 Å². The second-order valence-corrected chi connectivity index (χ2v) is 9.42. The summed E-state index contributed by atoms with van der Waals surface area (Å²) in [7, 11) is 0. The lowest BCUT2D eigenvalue weighted by molar-refractivity contribution is -0.386. The predicted molar refractivity (Wildman–Crippen MR) is 136 cm³/mol. The van der Waals surface area contributed by atoms with Crippen LogP contribution in [-0.4, -0.2) is 26.9 Å². The van der Waals surface area contributed by atoms with Crippen LogP contribution in [0.5, 0.6) is 5.75 Å². The van der Waals surface area contributed by atoms with Gasteiger partial charge in [-0.2, -0.15) is 9.78 Å². The summed E-state index contributed by atoms with van der Waals surface area (Å²) >= 11 is 6.72. The van der Waals surface area contributed by atoms with Gasteiger partial charge in [0, 0.05) is 27.0 Å². The molecule has 0 saturated heterocycles. The minimum Gasteiger partial charge on any atom is -0.483 e. The quantitative estimate of drug-likeness (QED) is 0.170. The monoisotopic (exact) mass is 578 g/mol. The maximum atomic E-state index is 13.3. The van der Waals surface area contributed by atoms with Crippen LogP contribution in [0.2, 0.25) is 0 Å². The fourth-order valence-corrected chi connectivity index (χ4v) is 4.00. The second kappa shape index (κ2) is 11.0. The van der Waals surface area contributed by atoms with Crippen LogP contribution in [0.3, 0.4) is 0 Å². The minimum absolute atomic E-state index is 0.112. The van der Waals surface area contributed by atoms with Gasteiger partial charge in [0.2, 0.25) is 5.75 Å². The summed E-state index contributed by atoms with van der Waals surface area (Å²) in [5, 5.41) is 16.5. The number of rotatable bonds is 9. The number of unbranched alkanes of at least 4 members (excludes halogenated alkanes) is 1. The third-order valence-electron chi connectivity index (χ3n) is 5.10. The highest BCUT2D eigenvalue weighted by molar-refractivity contribution is 9.10. The van der Waals surface area contributed by atoms with Gasteiger partial charge < -0.3 is 4.74 Å². The molecule has 0 radical (unpaired) electrons. The van der Waals surface area contributed by atoms with Crippen LogP contribution in [0.25, 0.3) is 10.9 Å². The van der Waals surface area contributed by atoms with E-state index in [0.717, 1.165) is 17.3 Å². The number of aryl methyl sites for hydroxylation is 1. The van der Waals surface area contributed by atoms with Crippen molar-refractivity contribution in [3.05, 3.63) is 71.1 Å². The van der Waals surface area contributed by atoms with Crippen molar-refractivity contribution >= 4 is 54.7 Å². The van der Waals surface area contributed by atoms with Crippen molar-refractivity contribution in [2.75, 3.05) is 0 Å². The average molecular weight is 580 g/mol. The maximum absolute atomic E-state index is 13.3. The number of ether oxygens (including phenoxy) is 1. The van der Waals surface area contributed by atoms with Crippen molar-refractivity contribution in [2.45, 2.75) is 52.6 Å². The van der Waals surface area contributed by atoms with E-state index < -0.39 is 4.92 Å². The summed E-state index contributed by atoms with van der Waals surface area (Å²) in [6.45, 7) is 5.83. The lowest BCUT2D eigenvalue weighted by Gasteiger charge is -2.15. The van der Waals surface area contributed by atoms with E-state index in [2.05, 4.69) is 48.9 Å². The van der Waals surface area contributed by atoms with E-state index in [1.807, 2.05) is 19.9 Å². The molecule has 174 valence electrons. The first kappa shape index (κ1) is 25.0. The summed E-state index contributed by atoms with van der Waals surface area (Å²) in [5.41, 5.74) is 0.501. The normalized spacial score (nSPS) is 12.4. The van der Waals surface area contributed by atoms with Crippen molar-refractivity contribution in [1.82, 2.24) is 9.66 Å². The van der Waals surface area contributed by atoms with Crippen LogP contribution in [0.4, 0.5) is 5.69 Å². The van der Waals surface area contributed by atoms with Gasteiger partial charge in [0.15, 0.2) is 0 Å². The van der Waals surface area contributed by atoms with Crippen molar-refractivity contribution in [1.29, 1.82) is 0 Å². The van der Waals surface area contributed by atoms with Crippen molar-refractivity contribution < 1.29 is 9.66 Å². The van der Waals surface area contributed by atoms with Crippen molar-refractivity contribution in [3.63, 3.8) is 0 Å². The highest BCUT2D eigenvalue weighted by atomic mass is 79.9. The van der Waals surface area contributed by atoms with E-state index in [1.54, 1.807) is 18.2 Å². The maximum Gasteiger partial charge on any atom is 0.312 e. The van der Waals surface area contributed by atoms with Crippen LogP contribution < -0.4 is 10.3 Å². The van der Waals surface area contributed by atoms with Gasteiger partial charge in [0.25, 0.3) is 5.56 Å². The number of fused-ring (bicyclic) bond motifs is 1. The van der Waals surface area contributed by atoms with E-state index in [0.29, 0.717) is 39.6 Å². The van der Waals surface area contributed by atoms with Crippen LogP contribution >= 0.6 is 31.9 Å². The van der Waals surface area contributed by atoms with Gasteiger partial charge in [-0.15, -0.1) is 0 Å². The van der Waals surface area contributed by atoms with Gasteiger partial charge in [-0.1, -0.05) is 52.1 Å². The molecular weight excluding hydrogens is 556 g/mol.